The van der Waals surface area contributed by atoms with Crippen LogP contribution in [0.25, 0.3) is 0 Å². The molecule has 0 saturated carbocycles. The standard InChI is InChI=1S/C11H17N3O5/c1-5(2)9(12)10(18)13-6-3-7(15)14(11(6)19)4-8(16)17/h3,5,9,15,19H,4,12H2,1-2H3,(H,13,18)(H,16,17)/t9-/m0/s1. The molecule has 0 unspecified atom stereocenters. The summed E-state index contributed by atoms with van der Waals surface area (Å²) in [5.41, 5.74) is 5.54. The van der Waals surface area contributed by atoms with Gasteiger partial charge in [0.2, 0.25) is 11.8 Å². The fourth-order valence-corrected chi connectivity index (χ4v) is 1.43. The van der Waals surface area contributed by atoms with Crippen molar-refractivity contribution in [2.24, 2.45) is 11.7 Å². The van der Waals surface area contributed by atoms with E-state index >= 15 is 0 Å². The van der Waals surface area contributed by atoms with Crippen LogP contribution < -0.4 is 11.1 Å². The Morgan fingerprint density at radius 3 is 2.47 bits per heavy atom. The highest BCUT2D eigenvalue weighted by atomic mass is 16.4. The number of nitrogens with one attached hydrogen (secondary N) is 1. The number of aromatic nitrogens is 1. The van der Waals surface area contributed by atoms with Gasteiger partial charge in [-0.2, -0.15) is 0 Å². The highest BCUT2D eigenvalue weighted by Crippen LogP contribution is 2.32. The summed E-state index contributed by atoms with van der Waals surface area (Å²) >= 11 is 0. The van der Waals surface area contributed by atoms with Crippen LogP contribution in [0.2, 0.25) is 0 Å². The SMILES string of the molecule is CC(C)[C@H](N)C(=O)Nc1cc(O)n(CC(=O)O)c1O. The van der Waals surface area contributed by atoms with E-state index in [0.717, 1.165) is 10.6 Å². The molecular formula is C11H17N3O5. The highest BCUT2D eigenvalue weighted by molar-refractivity contribution is 5.96. The van der Waals surface area contributed by atoms with Crippen LogP contribution in [0, 0.1) is 5.92 Å². The fraction of sp³-hybridized carbons (Fsp3) is 0.455. The van der Waals surface area contributed by atoms with E-state index in [4.69, 9.17) is 10.8 Å². The zero-order valence-corrected chi connectivity index (χ0v) is 10.6. The molecule has 106 valence electrons. The average Bonchev–Trinajstić information content (AvgIpc) is 2.55. The maximum Gasteiger partial charge on any atom is 0.323 e. The topological polar surface area (TPSA) is 138 Å². The highest BCUT2D eigenvalue weighted by Gasteiger charge is 2.22. The zero-order valence-electron chi connectivity index (χ0n) is 10.6. The summed E-state index contributed by atoms with van der Waals surface area (Å²) in [5.74, 6) is -2.87. The number of amides is 1. The first kappa shape index (κ1) is 14.8. The molecule has 1 aromatic heterocycles. The summed E-state index contributed by atoms with van der Waals surface area (Å²) in [4.78, 5) is 22.2. The largest absolute Gasteiger partial charge is 0.494 e. The number of aliphatic carboxylic acids is 1. The minimum Gasteiger partial charge on any atom is -0.494 e. The van der Waals surface area contributed by atoms with Crippen LogP contribution in [0.4, 0.5) is 5.69 Å². The average molecular weight is 271 g/mol. The lowest BCUT2D eigenvalue weighted by Crippen LogP contribution is -2.39. The van der Waals surface area contributed by atoms with E-state index in [1.165, 1.54) is 0 Å². The number of carboxylic acids is 1. The van der Waals surface area contributed by atoms with Crippen molar-refractivity contribution < 1.29 is 24.9 Å². The quantitative estimate of drug-likeness (QED) is 0.507. The first-order chi connectivity index (χ1) is 8.73. The molecule has 0 radical (unpaired) electrons. The van der Waals surface area contributed by atoms with Gasteiger partial charge in [0.15, 0.2) is 5.88 Å². The Morgan fingerprint density at radius 2 is 2.00 bits per heavy atom. The minimum absolute atomic E-state index is 0.0835. The van der Waals surface area contributed by atoms with E-state index < -0.39 is 36.2 Å². The van der Waals surface area contributed by atoms with Gasteiger partial charge in [-0.15, -0.1) is 0 Å². The van der Waals surface area contributed by atoms with Crippen molar-refractivity contribution in [3.63, 3.8) is 0 Å². The maximum absolute atomic E-state index is 11.7. The van der Waals surface area contributed by atoms with Crippen molar-refractivity contribution >= 4 is 17.6 Å². The summed E-state index contributed by atoms with van der Waals surface area (Å²) in [6.45, 7) is 2.90. The van der Waals surface area contributed by atoms with E-state index in [9.17, 15) is 19.8 Å². The van der Waals surface area contributed by atoms with Crippen molar-refractivity contribution in [1.29, 1.82) is 0 Å². The Morgan fingerprint density at radius 1 is 1.42 bits per heavy atom. The number of anilines is 1. The van der Waals surface area contributed by atoms with Crippen LogP contribution in [0.15, 0.2) is 6.07 Å². The molecule has 1 atom stereocenters. The smallest absolute Gasteiger partial charge is 0.323 e. The minimum atomic E-state index is -1.24. The Labute approximate surface area is 109 Å². The lowest BCUT2D eigenvalue weighted by Gasteiger charge is -2.14. The van der Waals surface area contributed by atoms with Gasteiger partial charge in [-0.1, -0.05) is 13.8 Å². The molecule has 0 fully saturated rings. The number of hydrogen-bond acceptors (Lipinski definition) is 5. The molecule has 0 spiro atoms. The molecule has 8 heteroatoms. The molecule has 0 aromatic carbocycles. The van der Waals surface area contributed by atoms with Gasteiger partial charge in [0.25, 0.3) is 0 Å². The van der Waals surface area contributed by atoms with Gasteiger partial charge >= 0.3 is 5.97 Å². The van der Waals surface area contributed by atoms with Crippen molar-refractivity contribution in [3.05, 3.63) is 6.07 Å². The Balaban J connectivity index is 2.91. The summed E-state index contributed by atoms with van der Waals surface area (Å²) in [5, 5.41) is 30.1. The van der Waals surface area contributed by atoms with Gasteiger partial charge in [-0.05, 0) is 5.92 Å². The summed E-state index contributed by atoms with van der Waals surface area (Å²) in [6.07, 6.45) is 0. The molecule has 1 aromatic rings. The number of nitrogens with two attached hydrogens (primary N) is 1. The summed E-state index contributed by atoms with van der Waals surface area (Å²) in [6, 6.07) is 0.285. The van der Waals surface area contributed by atoms with Crippen LogP contribution in [-0.4, -0.2) is 37.8 Å². The molecular weight excluding hydrogens is 254 g/mol. The van der Waals surface area contributed by atoms with E-state index in [0.29, 0.717) is 0 Å². The number of rotatable bonds is 5. The van der Waals surface area contributed by atoms with Crippen molar-refractivity contribution in [3.8, 4) is 11.8 Å². The molecule has 19 heavy (non-hydrogen) atoms. The van der Waals surface area contributed by atoms with Gasteiger partial charge in [-0.25, -0.2) is 0 Å². The van der Waals surface area contributed by atoms with Crippen LogP contribution in [0.5, 0.6) is 11.8 Å². The third kappa shape index (κ3) is 3.38. The number of aromatic hydroxyl groups is 2. The molecule has 1 heterocycles. The molecule has 0 aliphatic carbocycles. The lowest BCUT2D eigenvalue weighted by atomic mass is 10.1. The predicted octanol–water partition coefficient (Wildman–Crippen LogP) is -0.0943. The Hall–Kier alpha value is -2.22. The molecule has 0 aliphatic heterocycles. The van der Waals surface area contributed by atoms with Gasteiger partial charge < -0.3 is 26.4 Å². The third-order valence-corrected chi connectivity index (χ3v) is 2.62. The first-order valence-corrected chi connectivity index (χ1v) is 5.63. The number of nitrogens with zero attached hydrogens (tertiary/aromatic N) is 1. The summed E-state index contributed by atoms with van der Waals surface area (Å²) < 4.78 is 0.749. The first-order valence-electron chi connectivity index (χ1n) is 5.63. The van der Waals surface area contributed by atoms with Crippen molar-refractivity contribution in [2.45, 2.75) is 26.4 Å². The van der Waals surface area contributed by atoms with Crippen molar-refractivity contribution in [2.75, 3.05) is 5.32 Å². The molecule has 0 aliphatic rings. The number of carbonyl (C=O) groups excluding carboxylic acids is 1. The van der Waals surface area contributed by atoms with Crippen LogP contribution in [0.1, 0.15) is 13.8 Å². The molecule has 6 N–H and O–H groups in total. The second kappa shape index (κ2) is 5.61. The number of carbonyl (C=O) groups is 2. The van der Waals surface area contributed by atoms with Crippen LogP contribution in [0.3, 0.4) is 0 Å². The normalized spacial score (nSPS) is 12.4. The van der Waals surface area contributed by atoms with Crippen molar-refractivity contribution in [1.82, 2.24) is 4.57 Å². The molecule has 0 saturated heterocycles. The number of hydrogen-bond donors (Lipinski definition) is 5. The molecule has 1 rings (SSSR count). The summed E-state index contributed by atoms with van der Waals surface area (Å²) in [7, 11) is 0. The van der Waals surface area contributed by atoms with E-state index in [1.807, 2.05) is 0 Å². The van der Waals surface area contributed by atoms with E-state index in [1.54, 1.807) is 13.8 Å². The van der Waals surface area contributed by atoms with Crippen LogP contribution in [-0.2, 0) is 16.1 Å². The third-order valence-electron chi connectivity index (χ3n) is 2.62. The Bertz CT molecular complexity index is 495. The van der Waals surface area contributed by atoms with Gasteiger partial charge in [-0.3, -0.25) is 14.2 Å². The second-order valence-corrected chi connectivity index (χ2v) is 4.48. The van der Waals surface area contributed by atoms with E-state index in [2.05, 4.69) is 5.32 Å². The zero-order chi connectivity index (χ0) is 14.7. The monoisotopic (exact) mass is 271 g/mol. The second-order valence-electron chi connectivity index (χ2n) is 4.48. The van der Waals surface area contributed by atoms with Gasteiger partial charge in [0.05, 0.1) is 6.04 Å². The Kier molecular flexibility index (Phi) is 4.38. The lowest BCUT2D eigenvalue weighted by molar-refractivity contribution is -0.137. The predicted molar refractivity (Wildman–Crippen MR) is 66.8 cm³/mol. The van der Waals surface area contributed by atoms with Crippen LogP contribution >= 0.6 is 0 Å². The molecule has 0 bridgehead atoms. The molecule has 1 amide bonds. The fourth-order valence-electron chi connectivity index (χ4n) is 1.43. The van der Waals surface area contributed by atoms with Gasteiger partial charge in [0.1, 0.15) is 12.2 Å². The number of carboxylic acid groups (broad SMARTS) is 1. The molecule has 8 nitrogen and oxygen atoms in total. The van der Waals surface area contributed by atoms with E-state index in [-0.39, 0.29) is 11.6 Å². The maximum atomic E-state index is 11.7. The van der Waals surface area contributed by atoms with Gasteiger partial charge in [0, 0.05) is 6.07 Å².